The minimum atomic E-state index is -4.25. The average Bonchev–Trinajstić information content (AvgIpc) is 3.08. The SMILES string of the molecule is CC1(Oc2ccc(C(=O)OC3(C(F)(F)C(=O)[O-])CCCCC3)cc2)CCCC1. The summed E-state index contributed by atoms with van der Waals surface area (Å²) in [5, 5.41) is 11.0. The molecule has 28 heavy (non-hydrogen) atoms. The fraction of sp³-hybridized carbons (Fsp3) is 0.619. The lowest BCUT2D eigenvalue weighted by molar-refractivity contribution is -0.345. The first kappa shape index (κ1) is 20.6. The Labute approximate surface area is 163 Å². The molecule has 0 spiro atoms. The highest BCUT2D eigenvalue weighted by molar-refractivity contribution is 5.90. The van der Waals surface area contributed by atoms with E-state index in [1.807, 2.05) is 6.92 Å². The molecule has 0 heterocycles. The van der Waals surface area contributed by atoms with Crippen molar-refractivity contribution in [1.29, 1.82) is 0 Å². The zero-order valence-corrected chi connectivity index (χ0v) is 16.0. The number of halogens is 2. The van der Waals surface area contributed by atoms with E-state index in [1.165, 1.54) is 12.1 Å². The van der Waals surface area contributed by atoms with Crippen LogP contribution in [-0.4, -0.2) is 29.1 Å². The van der Waals surface area contributed by atoms with Crippen molar-refractivity contribution < 1.29 is 33.0 Å². The summed E-state index contributed by atoms with van der Waals surface area (Å²) in [5.74, 6) is -7.14. The first-order valence-corrected chi connectivity index (χ1v) is 9.79. The van der Waals surface area contributed by atoms with Crippen LogP contribution in [0.15, 0.2) is 24.3 Å². The molecule has 154 valence electrons. The van der Waals surface area contributed by atoms with Gasteiger partial charge < -0.3 is 19.4 Å². The first-order valence-electron chi connectivity index (χ1n) is 9.79. The van der Waals surface area contributed by atoms with E-state index in [9.17, 15) is 23.5 Å². The Morgan fingerprint density at radius 1 is 0.964 bits per heavy atom. The van der Waals surface area contributed by atoms with Gasteiger partial charge in [-0.05, 0) is 82.6 Å². The van der Waals surface area contributed by atoms with Crippen LogP contribution in [0.3, 0.4) is 0 Å². The number of esters is 1. The molecule has 0 radical (unpaired) electrons. The molecule has 2 aliphatic rings. The van der Waals surface area contributed by atoms with E-state index in [-0.39, 0.29) is 24.0 Å². The van der Waals surface area contributed by atoms with Gasteiger partial charge in [-0.15, -0.1) is 0 Å². The second-order valence-corrected chi connectivity index (χ2v) is 8.09. The Kier molecular flexibility index (Phi) is 5.64. The fourth-order valence-electron chi connectivity index (χ4n) is 4.19. The summed E-state index contributed by atoms with van der Waals surface area (Å²) >= 11 is 0. The quantitative estimate of drug-likeness (QED) is 0.688. The third-order valence-corrected chi connectivity index (χ3v) is 5.89. The zero-order valence-electron chi connectivity index (χ0n) is 16.0. The highest BCUT2D eigenvalue weighted by Crippen LogP contribution is 2.44. The number of hydrogen-bond acceptors (Lipinski definition) is 5. The number of carboxylic acid groups (broad SMARTS) is 1. The molecule has 0 aromatic heterocycles. The van der Waals surface area contributed by atoms with Crippen LogP contribution in [0.4, 0.5) is 8.78 Å². The van der Waals surface area contributed by atoms with Gasteiger partial charge in [0.2, 0.25) is 0 Å². The van der Waals surface area contributed by atoms with Gasteiger partial charge in [-0.3, -0.25) is 0 Å². The van der Waals surface area contributed by atoms with Gasteiger partial charge in [0.25, 0.3) is 0 Å². The molecule has 0 N–H and O–H groups in total. The van der Waals surface area contributed by atoms with Crippen molar-refractivity contribution in [2.45, 2.75) is 81.8 Å². The van der Waals surface area contributed by atoms with Gasteiger partial charge in [0, 0.05) is 0 Å². The van der Waals surface area contributed by atoms with E-state index in [0.717, 1.165) is 25.7 Å². The van der Waals surface area contributed by atoms with E-state index in [0.29, 0.717) is 25.0 Å². The summed E-state index contributed by atoms with van der Waals surface area (Å²) in [6.07, 6.45) is 5.12. The maximum atomic E-state index is 14.3. The predicted octanol–water partition coefficient (Wildman–Crippen LogP) is 3.64. The topological polar surface area (TPSA) is 75.7 Å². The second-order valence-electron chi connectivity index (χ2n) is 8.09. The molecule has 7 heteroatoms. The molecule has 1 aromatic rings. The molecular weight excluding hydrogens is 370 g/mol. The lowest BCUT2D eigenvalue weighted by Crippen LogP contribution is -2.61. The Balaban J connectivity index is 1.74. The standard InChI is InChI=1S/C21H26F2O5/c1-19(11-5-6-12-19)27-16-9-7-15(8-10-16)17(24)28-20(13-3-2-4-14-20)21(22,23)18(25)26/h7-10H,2-6,11-14H2,1H3,(H,25,26)/p-1. The predicted molar refractivity (Wildman–Crippen MR) is 95.1 cm³/mol. The normalized spacial score (nSPS) is 21.1. The number of aliphatic carboxylic acids is 1. The molecule has 2 fully saturated rings. The van der Waals surface area contributed by atoms with E-state index in [4.69, 9.17) is 9.47 Å². The van der Waals surface area contributed by atoms with Crippen LogP contribution in [0, 0.1) is 0 Å². The van der Waals surface area contributed by atoms with Crippen LogP contribution in [-0.2, 0) is 9.53 Å². The van der Waals surface area contributed by atoms with Gasteiger partial charge >= 0.3 is 11.9 Å². The number of carbonyl (C=O) groups is 2. The maximum Gasteiger partial charge on any atom is 0.338 e. The molecule has 1 aromatic carbocycles. The van der Waals surface area contributed by atoms with Crippen LogP contribution < -0.4 is 9.84 Å². The van der Waals surface area contributed by atoms with Gasteiger partial charge in [-0.25, -0.2) is 4.79 Å². The van der Waals surface area contributed by atoms with Crippen molar-refractivity contribution >= 4 is 11.9 Å². The lowest BCUT2D eigenvalue weighted by atomic mass is 9.79. The van der Waals surface area contributed by atoms with E-state index >= 15 is 0 Å². The minimum Gasteiger partial charge on any atom is -0.544 e. The van der Waals surface area contributed by atoms with Crippen molar-refractivity contribution in [1.82, 2.24) is 0 Å². The van der Waals surface area contributed by atoms with Gasteiger partial charge in [-0.2, -0.15) is 8.78 Å². The van der Waals surface area contributed by atoms with Gasteiger partial charge in [0.05, 0.1) is 5.56 Å². The molecule has 0 atom stereocenters. The van der Waals surface area contributed by atoms with Crippen molar-refractivity contribution in [2.75, 3.05) is 0 Å². The summed E-state index contributed by atoms with van der Waals surface area (Å²) in [6, 6.07) is 6.10. The molecule has 3 rings (SSSR count). The third kappa shape index (κ3) is 3.98. The lowest BCUT2D eigenvalue weighted by Gasteiger charge is -2.42. The number of ether oxygens (including phenoxy) is 2. The number of rotatable bonds is 6. The summed E-state index contributed by atoms with van der Waals surface area (Å²) in [7, 11) is 0. The number of hydrogen-bond donors (Lipinski definition) is 0. The van der Waals surface area contributed by atoms with Gasteiger partial charge in [0.1, 0.15) is 17.3 Å². The van der Waals surface area contributed by atoms with Crippen molar-refractivity contribution in [3.63, 3.8) is 0 Å². The van der Waals surface area contributed by atoms with Crippen LogP contribution in [0.5, 0.6) is 5.75 Å². The van der Waals surface area contributed by atoms with Crippen molar-refractivity contribution in [2.24, 2.45) is 0 Å². The Morgan fingerprint density at radius 2 is 1.50 bits per heavy atom. The number of alkyl halides is 2. The first-order chi connectivity index (χ1) is 13.2. The molecule has 2 aliphatic carbocycles. The monoisotopic (exact) mass is 395 g/mol. The molecule has 0 amide bonds. The molecule has 0 unspecified atom stereocenters. The second kappa shape index (κ2) is 7.68. The van der Waals surface area contributed by atoms with Gasteiger partial charge in [-0.1, -0.05) is 6.42 Å². The fourth-order valence-corrected chi connectivity index (χ4v) is 4.19. The largest absolute Gasteiger partial charge is 0.544 e. The summed E-state index contributed by atoms with van der Waals surface area (Å²) < 4.78 is 39.8. The smallest absolute Gasteiger partial charge is 0.338 e. The molecule has 0 aliphatic heterocycles. The van der Waals surface area contributed by atoms with E-state index < -0.39 is 23.5 Å². The molecular formula is C21H25F2O5-. The van der Waals surface area contributed by atoms with E-state index in [1.54, 1.807) is 12.1 Å². The number of carbonyl (C=O) groups excluding carboxylic acids is 2. The zero-order chi connectivity index (χ0) is 20.4. The number of carboxylic acids is 1. The third-order valence-electron chi connectivity index (χ3n) is 5.89. The average molecular weight is 395 g/mol. The Morgan fingerprint density at radius 3 is 2.04 bits per heavy atom. The van der Waals surface area contributed by atoms with Crippen LogP contribution in [0.25, 0.3) is 0 Å². The summed E-state index contributed by atoms with van der Waals surface area (Å²) in [6.45, 7) is 2.04. The van der Waals surface area contributed by atoms with Crippen molar-refractivity contribution in [3.8, 4) is 5.75 Å². The van der Waals surface area contributed by atoms with Crippen LogP contribution >= 0.6 is 0 Å². The summed E-state index contributed by atoms with van der Waals surface area (Å²) in [5.41, 5.74) is -2.53. The molecule has 0 bridgehead atoms. The van der Waals surface area contributed by atoms with Crippen LogP contribution in [0.1, 0.15) is 75.1 Å². The van der Waals surface area contributed by atoms with Gasteiger partial charge in [0.15, 0.2) is 5.60 Å². The summed E-state index contributed by atoms with van der Waals surface area (Å²) in [4.78, 5) is 23.5. The Bertz CT molecular complexity index is 717. The van der Waals surface area contributed by atoms with E-state index in [2.05, 4.69) is 0 Å². The molecule has 0 saturated heterocycles. The maximum absolute atomic E-state index is 14.3. The van der Waals surface area contributed by atoms with Crippen LogP contribution in [0.2, 0.25) is 0 Å². The highest BCUT2D eigenvalue weighted by atomic mass is 19.3. The highest BCUT2D eigenvalue weighted by Gasteiger charge is 2.58. The molecule has 5 nitrogen and oxygen atoms in total. The Hall–Kier alpha value is -2.18. The minimum absolute atomic E-state index is 0.0722. The number of benzene rings is 1. The van der Waals surface area contributed by atoms with Crippen molar-refractivity contribution in [3.05, 3.63) is 29.8 Å². The molecule has 2 saturated carbocycles.